The van der Waals surface area contributed by atoms with E-state index in [2.05, 4.69) is 9.97 Å². The first-order valence-electron chi connectivity index (χ1n) is 10.5. The molecular formula is C23H22ClN3O7. The Morgan fingerprint density at radius 2 is 1.94 bits per heavy atom. The zero-order valence-corrected chi connectivity index (χ0v) is 19.1. The van der Waals surface area contributed by atoms with Crippen LogP contribution in [-0.2, 0) is 20.9 Å². The molecule has 178 valence electrons. The molecule has 0 bridgehead atoms. The molecule has 1 saturated heterocycles. The van der Waals surface area contributed by atoms with Gasteiger partial charge in [0.15, 0.2) is 18.1 Å². The van der Waals surface area contributed by atoms with Crippen molar-refractivity contribution in [2.24, 2.45) is 0 Å². The van der Waals surface area contributed by atoms with Crippen molar-refractivity contribution in [3.05, 3.63) is 63.2 Å². The summed E-state index contributed by atoms with van der Waals surface area (Å²) in [6.45, 7) is 1.64. The molecule has 0 aliphatic carbocycles. The van der Waals surface area contributed by atoms with E-state index >= 15 is 0 Å². The SMILES string of the molecule is COc1cc(C(=O)OCc2nc3cc(Cl)ccc3c(=O)[nH]2)ccc1OCC(=O)N1CCOCC1. The average molecular weight is 488 g/mol. The number of nitrogens with zero attached hydrogens (tertiary/aromatic N) is 2. The standard InChI is InChI=1S/C23H22ClN3O7/c1-31-19-10-14(2-5-18(19)33-13-21(28)27-6-8-32-9-7-27)23(30)34-12-20-25-17-11-15(24)3-4-16(17)22(29)26-20/h2-5,10-11H,6-9,12-13H2,1H3,(H,25,26,29). The number of hydrogen-bond acceptors (Lipinski definition) is 8. The second kappa shape index (κ2) is 10.5. The Morgan fingerprint density at radius 1 is 1.15 bits per heavy atom. The van der Waals surface area contributed by atoms with Crippen LogP contribution in [-0.4, -0.2) is 66.8 Å². The van der Waals surface area contributed by atoms with E-state index < -0.39 is 5.97 Å². The number of halogens is 1. The minimum absolute atomic E-state index is 0.160. The number of carbonyl (C=O) groups is 2. The summed E-state index contributed by atoms with van der Waals surface area (Å²) >= 11 is 5.97. The molecule has 0 unspecified atom stereocenters. The number of amides is 1. The van der Waals surface area contributed by atoms with Crippen LogP contribution in [0.5, 0.6) is 11.5 Å². The number of methoxy groups -OCH3 is 1. The Kier molecular flexibility index (Phi) is 7.29. The number of carbonyl (C=O) groups excluding carboxylic acids is 2. The second-order valence-corrected chi connectivity index (χ2v) is 7.83. The molecule has 2 heterocycles. The maximum absolute atomic E-state index is 12.5. The van der Waals surface area contributed by atoms with Crippen LogP contribution >= 0.6 is 11.6 Å². The first-order valence-corrected chi connectivity index (χ1v) is 10.8. The van der Waals surface area contributed by atoms with Crippen LogP contribution in [0.2, 0.25) is 5.02 Å². The van der Waals surface area contributed by atoms with Crippen molar-refractivity contribution >= 4 is 34.4 Å². The highest BCUT2D eigenvalue weighted by atomic mass is 35.5. The predicted octanol–water partition coefficient (Wildman–Crippen LogP) is 2.18. The summed E-state index contributed by atoms with van der Waals surface area (Å²) in [7, 11) is 1.43. The monoisotopic (exact) mass is 487 g/mol. The van der Waals surface area contributed by atoms with E-state index in [1.54, 1.807) is 23.1 Å². The van der Waals surface area contributed by atoms with Gasteiger partial charge in [-0.2, -0.15) is 0 Å². The second-order valence-electron chi connectivity index (χ2n) is 7.40. The van der Waals surface area contributed by atoms with Gasteiger partial charge in [0, 0.05) is 18.1 Å². The fourth-order valence-electron chi connectivity index (χ4n) is 3.40. The minimum atomic E-state index is -0.650. The topological polar surface area (TPSA) is 120 Å². The molecule has 0 spiro atoms. The molecule has 1 aromatic heterocycles. The summed E-state index contributed by atoms with van der Waals surface area (Å²) in [5, 5.41) is 0.821. The quantitative estimate of drug-likeness (QED) is 0.503. The molecule has 1 amide bonds. The summed E-state index contributed by atoms with van der Waals surface area (Å²) in [5.41, 5.74) is 0.245. The lowest BCUT2D eigenvalue weighted by atomic mass is 10.2. The van der Waals surface area contributed by atoms with Gasteiger partial charge in [0.05, 0.1) is 36.8 Å². The van der Waals surface area contributed by atoms with E-state index in [4.69, 9.17) is 30.5 Å². The molecule has 2 aromatic carbocycles. The summed E-state index contributed by atoms with van der Waals surface area (Å²) in [5.74, 6) is -0.0362. The lowest BCUT2D eigenvalue weighted by Gasteiger charge is -2.26. The molecule has 11 heteroatoms. The number of benzene rings is 2. The highest BCUT2D eigenvalue weighted by Crippen LogP contribution is 2.28. The normalized spacial score (nSPS) is 13.5. The van der Waals surface area contributed by atoms with Crippen LogP contribution in [0.4, 0.5) is 0 Å². The van der Waals surface area contributed by atoms with E-state index in [1.807, 2.05) is 0 Å². The maximum Gasteiger partial charge on any atom is 0.338 e. The van der Waals surface area contributed by atoms with Gasteiger partial charge in [0.25, 0.3) is 11.5 Å². The molecule has 10 nitrogen and oxygen atoms in total. The maximum atomic E-state index is 12.5. The van der Waals surface area contributed by atoms with Crippen LogP contribution in [0.3, 0.4) is 0 Å². The third-order valence-electron chi connectivity index (χ3n) is 5.17. The van der Waals surface area contributed by atoms with E-state index in [1.165, 1.54) is 25.3 Å². The number of esters is 1. The number of hydrogen-bond donors (Lipinski definition) is 1. The molecule has 1 fully saturated rings. The number of aromatic amines is 1. The average Bonchev–Trinajstić information content (AvgIpc) is 2.86. The Hall–Kier alpha value is -3.63. The molecule has 1 aliphatic rings. The molecule has 1 aliphatic heterocycles. The number of morpholine rings is 1. The van der Waals surface area contributed by atoms with Gasteiger partial charge in [-0.25, -0.2) is 9.78 Å². The van der Waals surface area contributed by atoms with Crippen molar-refractivity contribution in [3.63, 3.8) is 0 Å². The van der Waals surface area contributed by atoms with Gasteiger partial charge in [0.1, 0.15) is 12.4 Å². The molecule has 34 heavy (non-hydrogen) atoms. The van der Waals surface area contributed by atoms with E-state index in [0.717, 1.165) is 0 Å². The Balaban J connectivity index is 1.40. The number of aromatic nitrogens is 2. The predicted molar refractivity (Wildman–Crippen MR) is 122 cm³/mol. The van der Waals surface area contributed by atoms with Gasteiger partial charge < -0.3 is 28.8 Å². The zero-order valence-electron chi connectivity index (χ0n) is 18.3. The van der Waals surface area contributed by atoms with E-state index in [0.29, 0.717) is 48.0 Å². The van der Waals surface area contributed by atoms with Crippen LogP contribution in [0, 0.1) is 0 Å². The van der Waals surface area contributed by atoms with Gasteiger partial charge in [-0.3, -0.25) is 9.59 Å². The van der Waals surface area contributed by atoms with Crippen molar-refractivity contribution in [1.29, 1.82) is 0 Å². The molecule has 0 saturated carbocycles. The fourth-order valence-corrected chi connectivity index (χ4v) is 3.57. The van der Waals surface area contributed by atoms with Gasteiger partial charge >= 0.3 is 5.97 Å². The van der Waals surface area contributed by atoms with Crippen molar-refractivity contribution in [1.82, 2.24) is 14.9 Å². The zero-order chi connectivity index (χ0) is 24.1. The fraction of sp³-hybridized carbons (Fsp3) is 0.304. The van der Waals surface area contributed by atoms with Crippen molar-refractivity contribution in [3.8, 4) is 11.5 Å². The molecule has 0 radical (unpaired) electrons. The smallest absolute Gasteiger partial charge is 0.338 e. The van der Waals surface area contributed by atoms with Gasteiger partial charge in [-0.05, 0) is 36.4 Å². The summed E-state index contributed by atoms with van der Waals surface area (Å²) in [6, 6.07) is 9.21. The minimum Gasteiger partial charge on any atom is -0.493 e. The first-order chi connectivity index (χ1) is 16.4. The number of ether oxygens (including phenoxy) is 4. The summed E-state index contributed by atoms with van der Waals surface area (Å²) in [6.07, 6.45) is 0. The van der Waals surface area contributed by atoms with Gasteiger partial charge in [0.2, 0.25) is 0 Å². The Labute approximate surface area is 199 Å². The van der Waals surface area contributed by atoms with Crippen LogP contribution in [0.25, 0.3) is 10.9 Å². The van der Waals surface area contributed by atoms with E-state index in [9.17, 15) is 14.4 Å². The highest BCUT2D eigenvalue weighted by molar-refractivity contribution is 6.31. The number of H-pyrrole nitrogens is 1. The van der Waals surface area contributed by atoms with Gasteiger partial charge in [-0.1, -0.05) is 11.6 Å². The lowest BCUT2D eigenvalue weighted by Crippen LogP contribution is -2.43. The Bertz CT molecular complexity index is 1270. The third kappa shape index (κ3) is 5.46. The number of fused-ring (bicyclic) bond motifs is 1. The number of rotatable bonds is 7. The van der Waals surface area contributed by atoms with Crippen molar-refractivity contribution < 1.29 is 28.5 Å². The first kappa shape index (κ1) is 23.5. The molecule has 4 rings (SSSR count). The molecular weight excluding hydrogens is 466 g/mol. The third-order valence-corrected chi connectivity index (χ3v) is 5.41. The molecule has 3 aromatic rings. The summed E-state index contributed by atoms with van der Waals surface area (Å²) < 4.78 is 21.4. The van der Waals surface area contributed by atoms with Crippen molar-refractivity contribution in [2.75, 3.05) is 40.0 Å². The largest absolute Gasteiger partial charge is 0.493 e. The lowest BCUT2D eigenvalue weighted by molar-refractivity contribution is -0.137. The Morgan fingerprint density at radius 3 is 2.71 bits per heavy atom. The number of nitrogens with one attached hydrogen (secondary N) is 1. The van der Waals surface area contributed by atoms with Crippen LogP contribution < -0.4 is 15.0 Å². The molecule has 0 atom stereocenters. The van der Waals surface area contributed by atoms with Crippen LogP contribution in [0.1, 0.15) is 16.2 Å². The highest BCUT2D eigenvalue weighted by Gasteiger charge is 2.19. The summed E-state index contributed by atoms with van der Waals surface area (Å²) in [4.78, 5) is 45.6. The van der Waals surface area contributed by atoms with E-state index in [-0.39, 0.29) is 41.8 Å². The van der Waals surface area contributed by atoms with Gasteiger partial charge in [-0.15, -0.1) is 0 Å². The van der Waals surface area contributed by atoms with Crippen molar-refractivity contribution in [2.45, 2.75) is 6.61 Å². The van der Waals surface area contributed by atoms with Crippen LogP contribution in [0.15, 0.2) is 41.2 Å². The molecule has 1 N–H and O–H groups in total.